The van der Waals surface area contributed by atoms with Crippen LogP contribution in [0.5, 0.6) is 17.2 Å². The molecule has 0 aliphatic carbocycles. The maximum atomic E-state index is 8.58. The third-order valence-electron chi connectivity index (χ3n) is 4.55. The van der Waals surface area contributed by atoms with E-state index in [1.165, 1.54) is 0 Å². The number of rotatable bonds is 5. The molecule has 3 rings (SSSR count). The molecule has 0 aromatic heterocycles. The number of fused-ring (bicyclic) bond motifs is 2. The fourth-order valence-electron chi connectivity index (χ4n) is 3.63. The van der Waals surface area contributed by atoms with Gasteiger partial charge in [0.2, 0.25) is 0 Å². The van der Waals surface area contributed by atoms with Crippen LogP contribution in [0.2, 0.25) is 0 Å². The summed E-state index contributed by atoms with van der Waals surface area (Å²) in [4.78, 5) is 2.83. The summed E-state index contributed by atoms with van der Waals surface area (Å²) in [7, 11) is 4.94. The second kappa shape index (κ2) is 7.09. The van der Waals surface area contributed by atoms with E-state index in [-0.39, 0.29) is 18.8 Å². The fourth-order valence-corrected chi connectivity index (χ4v) is 3.63. The van der Waals surface area contributed by atoms with Gasteiger partial charge in [-0.25, -0.2) is 0 Å². The van der Waals surface area contributed by atoms with Gasteiger partial charge in [-0.1, -0.05) is 17.2 Å². The van der Waals surface area contributed by atoms with Crippen molar-refractivity contribution in [3.8, 4) is 17.2 Å². The van der Waals surface area contributed by atoms with Crippen molar-refractivity contribution >= 4 is 10.8 Å². The van der Waals surface area contributed by atoms with E-state index in [1.54, 1.807) is 21.3 Å². The molecule has 2 aromatic rings. The Labute approximate surface area is 146 Å². The summed E-state index contributed by atoms with van der Waals surface area (Å²) in [6.45, 7) is 2.24. The molecule has 0 amide bonds. The number of methoxy groups -OCH3 is 3. The number of hydrogen-bond donors (Lipinski definition) is 0. The van der Waals surface area contributed by atoms with Crippen molar-refractivity contribution in [2.24, 2.45) is 5.11 Å². The van der Waals surface area contributed by atoms with Gasteiger partial charge in [-0.05, 0) is 18.5 Å². The number of nitrogens with zero attached hydrogens (tertiary/aromatic N) is 3. The van der Waals surface area contributed by atoms with Gasteiger partial charge in [-0.3, -0.25) is 0 Å². The van der Waals surface area contributed by atoms with E-state index in [4.69, 9.17) is 24.5 Å². The van der Waals surface area contributed by atoms with Crippen LogP contribution in [0.1, 0.15) is 24.2 Å². The lowest BCUT2D eigenvalue weighted by atomic mass is 9.89. The van der Waals surface area contributed by atoms with E-state index in [0.717, 1.165) is 39.1 Å². The Morgan fingerprint density at radius 3 is 2.60 bits per heavy atom. The van der Waals surface area contributed by atoms with Gasteiger partial charge >= 0.3 is 0 Å². The highest BCUT2D eigenvalue weighted by Gasteiger charge is 2.33. The predicted molar refractivity (Wildman–Crippen MR) is 94.6 cm³/mol. The highest BCUT2D eigenvalue weighted by Crippen LogP contribution is 2.49. The molecular formula is C18H21N3O4. The molecule has 2 aromatic carbocycles. The highest BCUT2D eigenvalue weighted by molar-refractivity contribution is 6.00. The van der Waals surface area contributed by atoms with Crippen molar-refractivity contribution in [1.82, 2.24) is 0 Å². The zero-order valence-corrected chi connectivity index (χ0v) is 14.8. The molecule has 0 fully saturated rings. The van der Waals surface area contributed by atoms with Crippen molar-refractivity contribution in [2.45, 2.75) is 25.6 Å². The SMILES string of the molecule is COc1c2c(c(OC)c3c(OC)cccc13)[C@@H](C)O[C@@H](CN=[N+]=[N-])C2. The maximum Gasteiger partial charge on any atom is 0.136 e. The van der Waals surface area contributed by atoms with Crippen molar-refractivity contribution in [1.29, 1.82) is 0 Å². The summed E-state index contributed by atoms with van der Waals surface area (Å²) >= 11 is 0. The Balaban J connectivity index is 2.31. The first-order valence-corrected chi connectivity index (χ1v) is 8.05. The third-order valence-corrected chi connectivity index (χ3v) is 4.55. The number of azide groups is 1. The normalized spacial score (nSPS) is 19.0. The van der Waals surface area contributed by atoms with Gasteiger partial charge in [-0.15, -0.1) is 0 Å². The Hall–Kier alpha value is -2.63. The van der Waals surface area contributed by atoms with Crippen LogP contribution in [0.4, 0.5) is 0 Å². The number of benzene rings is 2. The van der Waals surface area contributed by atoms with Gasteiger partial charge in [0.15, 0.2) is 0 Å². The molecule has 0 unspecified atom stereocenters. The Morgan fingerprint density at radius 2 is 1.96 bits per heavy atom. The van der Waals surface area contributed by atoms with Crippen molar-refractivity contribution in [3.63, 3.8) is 0 Å². The number of ether oxygens (including phenoxy) is 4. The summed E-state index contributed by atoms with van der Waals surface area (Å²) < 4.78 is 23.1. The Kier molecular flexibility index (Phi) is 4.88. The molecule has 0 spiro atoms. The smallest absolute Gasteiger partial charge is 0.136 e. The zero-order valence-electron chi connectivity index (χ0n) is 14.8. The van der Waals surface area contributed by atoms with Gasteiger partial charge in [0.1, 0.15) is 17.2 Å². The van der Waals surface area contributed by atoms with Crippen LogP contribution < -0.4 is 14.2 Å². The average molecular weight is 343 g/mol. The molecule has 1 heterocycles. The highest BCUT2D eigenvalue weighted by atomic mass is 16.5. The van der Waals surface area contributed by atoms with Crippen LogP contribution in [-0.4, -0.2) is 34.0 Å². The first kappa shape index (κ1) is 17.2. The molecule has 7 nitrogen and oxygen atoms in total. The molecule has 7 heteroatoms. The van der Waals surface area contributed by atoms with Crippen molar-refractivity contribution in [2.75, 3.05) is 27.9 Å². The zero-order chi connectivity index (χ0) is 18.0. The minimum Gasteiger partial charge on any atom is -0.496 e. The molecule has 132 valence electrons. The molecule has 0 bridgehead atoms. The third kappa shape index (κ3) is 2.81. The summed E-state index contributed by atoms with van der Waals surface area (Å²) in [5, 5.41) is 5.45. The first-order valence-electron chi connectivity index (χ1n) is 8.05. The van der Waals surface area contributed by atoms with Crippen LogP contribution in [0, 0.1) is 0 Å². The largest absolute Gasteiger partial charge is 0.496 e. The summed E-state index contributed by atoms with van der Waals surface area (Å²) in [6.07, 6.45) is 0.173. The van der Waals surface area contributed by atoms with E-state index < -0.39 is 0 Å². The summed E-state index contributed by atoms with van der Waals surface area (Å²) in [6, 6.07) is 5.81. The summed E-state index contributed by atoms with van der Waals surface area (Å²) in [5.41, 5.74) is 10.6. The minimum absolute atomic E-state index is 0.194. The van der Waals surface area contributed by atoms with Crippen LogP contribution in [0.15, 0.2) is 23.3 Å². The summed E-state index contributed by atoms with van der Waals surface area (Å²) in [5.74, 6) is 2.24. The van der Waals surface area contributed by atoms with Crippen LogP contribution in [0.25, 0.3) is 21.2 Å². The molecule has 1 aliphatic heterocycles. The molecule has 0 N–H and O–H groups in total. The van der Waals surface area contributed by atoms with Gasteiger partial charge in [0, 0.05) is 27.8 Å². The van der Waals surface area contributed by atoms with Crippen LogP contribution in [0.3, 0.4) is 0 Å². The van der Waals surface area contributed by atoms with Crippen molar-refractivity contribution < 1.29 is 18.9 Å². The van der Waals surface area contributed by atoms with E-state index >= 15 is 0 Å². The van der Waals surface area contributed by atoms with Gasteiger partial charge in [-0.2, -0.15) is 0 Å². The predicted octanol–water partition coefficient (Wildman–Crippen LogP) is 4.18. The van der Waals surface area contributed by atoms with Crippen molar-refractivity contribution in [3.05, 3.63) is 39.8 Å². The monoisotopic (exact) mass is 343 g/mol. The van der Waals surface area contributed by atoms with E-state index in [1.807, 2.05) is 25.1 Å². The second-order valence-corrected chi connectivity index (χ2v) is 5.86. The molecule has 2 atom stereocenters. The molecular weight excluding hydrogens is 322 g/mol. The average Bonchev–Trinajstić information content (AvgIpc) is 2.63. The Bertz CT molecular complexity index is 846. The molecule has 0 saturated heterocycles. The topological polar surface area (TPSA) is 85.7 Å². The van der Waals surface area contributed by atoms with E-state index in [2.05, 4.69) is 10.0 Å². The maximum absolute atomic E-state index is 8.58. The quantitative estimate of drug-likeness (QED) is 0.463. The lowest BCUT2D eigenvalue weighted by molar-refractivity contribution is -0.0117. The van der Waals surface area contributed by atoms with E-state index in [0.29, 0.717) is 6.42 Å². The minimum atomic E-state index is -0.221. The number of hydrogen-bond acceptors (Lipinski definition) is 5. The van der Waals surface area contributed by atoms with Gasteiger partial charge < -0.3 is 18.9 Å². The van der Waals surface area contributed by atoms with Gasteiger partial charge in [0.25, 0.3) is 0 Å². The molecule has 0 radical (unpaired) electrons. The molecule has 0 saturated carbocycles. The molecule has 25 heavy (non-hydrogen) atoms. The standard InChI is InChI=1S/C18H21N3O4/c1-10-15-13(8-11(25-10)9-20-21-19)17(23-3)12-6-5-7-14(22-2)16(12)18(15)24-4/h5-7,10-11H,8-9H2,1-4H3/t10-,11-/m1/s1. The lowest BCUT2D eigenvalue weighted by Gasteiger charge is -2.33. The molecule has 1 aliphatic rings. The van der Waals surface area contributed by atoms with Crippen LogP contribution >= 0.6 is 0 Å². The fraction of sp³-hybridized carbons (Fsp3) is 0.444. The first-order chi connectivity index (χ1) is 12.2. The van der Waals surface area contributed by atoms with Gasteiger partial charge in [0.05, 0.1) is 45.5 Å². The Morgan fingerprint density at radius 1 is 1.20 bits per heavy atom. The second-order valence-electron chi connectivity index (χ2n) is 5.86. The van der Waals surface area contributed by atoms with E-state index in [9.17, 15) is 0 Å². The lowest BCUT2D eigenvalue weighted by Crippen LogP contribution is -2.28. The van der Waals surface area contributed by atoms with Crippen LogP contribution in [-0.2, 0) is 11.2 Å².